The summed E-state index contributed by atoms with van der Waals surface area (Å²) in [6.45, 7) is 2.16. The number of carbonyl (C=O) groups is 1. The Kier molecular flexibility index (Phi) is 5.01. The number of aromatic nitrogens is 2. The molecule has 158 valence electrons. The van der Waals surface area contributed by atoms with Crippen LogP contribution in [0, 0.1) is 17.6 Å². The Morgan fingerprint density at radius 2 is 2.20 bits per heavy atom. The Balaban J connectivity index is 1.70. The van der Waals surface area contributed by atoms with Gasteiger partial charge in [-0.05, 0) is 31.0 Å². The second-order valence-electron chi connectivity index (χ2n) is 7.79. The van der Waals surface area contributed by atoms with Gasteiger partial charge in [-0.2, -0.15) is 0 Å². The molecule has 1 saturated carbocycles. The maximum atomic E-state index is 14.9. The summed E-state index contributed by atoms with van der Waals surface area (Å²) in [7, 11) is 1.58. The number of nitrogens with zero attached hydrogens (tertiary/aromatic N) is 2. The van der Waals surface area contributed by atoms with Crippen molar-refractivity contribution in [2.75, 3.05) is 13.7 Å². The van der Waals surface area contributed by atoms with Gasteiger partial charge in [0.2, 0.25) is 0 Å². The number of carbonyl (C=O) groups excluding carboxylic acids is 1. The van der Waals surface area contributed by atoms with E-state index in [2.05, 4.69) is 15.0 Å². The summed E-state index contributed by atoms with van der Waals surface area (Å²) in [5.74, 6) is -2.58. The number of Topliss-reactive ketones (excluding diaryl/α,β-unsaturated/α-hetero) is 1. The van der Waals surface area contributed by atoms with Gasteiger partial charge in [0.15, 0.2) is 22.6 Å². The molecule has 0 radical (unpaired) electrons. The number of halogens is 2. The molecule has 1 aliphatic carbocycles. The summed E-state index contributed by atoms with van der Waals surface area (Å²) in [6, 6.07) is 2.45. The number of methoxy groups -OCH3 is 1. The highest BCUT2D eigenvalue weighted by Gasteiger charge is 2.66. The average molecular weight is 434 g/mol. The molecular weight excluding hydrogens is 414 g/mol. The first-order chi connectivity index (χ1) is 14.2. The lowest BCUT2D eigenvalue weighted by molar-refractivity contribution is 0.0987. The van der Waals surface area contributed by atoms with Crippen LogP contribution in [0.3, 0.4) is 0 Å². The molecule has 0 bridgehead atoms. The van der Waals surface area contributed by atoms with E-state index in [1.54, 1.807) is 14.0 Å². The van der Waals surface area contributed by atoms with Crippen LogP contribution in [0.5, 0.6) is 0 Å². The number of benzene rings is 1. The maximum absolute atomic E-state index is 14.9. The number of ether oxygens (including phenoxy) is 1. The van der Waals surface area contributed by atoms with Crippen molar-refractivity contribution >= 4 is 22.7 Å². The van der Waals surface area contributed by atoms with Crippen LogP contribution < -0.4 is 11.3 Å². The number of nitrogens with two attached hydrogens (primary N) is 1. The molecule has 0 amide bonds. The number of aliphatic imine (C=N–C) groups is 1. The van der Waals surface area contributed by atoms with Crippen molar-refractivity contribution in [3.05, 3.63) is 63.3 Å². The number of amidine groups is 1. The standard InChI is InChI=1S/C20H20F2N4O3S/c1-19(15-6-20(15,9-29-2)30-18(23)26-19)11-3-10(4-12(21)17(11)22)5-14(27)13-7-25-16(28)8-24-13/h3-4,7-8,15H,5-6,9H2,1-2H3,(H2,23,26)(H,25,28)/t15-,19+,20+/m0/s1. The number of ketones is 1. The van der Waals surface area contributed by atoms with Crippen molar-refractivity contribution in [3.63, 3.8) is 0 Å². The fourth-order valence-corrected chi connectivity index (χ4v) is 5.67. The summed E-state index contributed by atoms with van der Waals surface area (Å²) < 4.78 is 34.4. The van der Waals surface area contributed by atoms with Gasteiger partial charge in [-0.1, -0.05) is 11.8 Å². The van der Waals surface area contributed by atoms with Gasteiger partial charge in [-0.3, -0.25) is 14.6 Å². The van der Waals surface area contributed by atoms with E-state index < -0.39 is 28.5 Å². The van der Waals surface area contributed by atoms with Crippen molar-refractivity contribution in [1.29, 1.82) is 0 Å². The molecule has 4 rings (SSSR count). The number of thioether (sulfide) groups is 1. The molecule has 3 atom stereocenters. The molecule has 30 heavy (non-hydrogen) atoms. The van der Waals surface area contributed by atoms with Crippen molar-refractivity contribution in [2.45, 2.75) is 30.1 Å². The molecule has 2 aliphatic rings. The third kappa shape index (κ3) is 3.43. The SMILES string of the molecule is COC[C@]12C[C@H]1[C@@](C)(c1cc(CC(=O)c3c[nH]c(=O)cn3)cc(F)c1F)N=C(N)S2. The predicted octanol–water partition coefficient (Wildman–Crippen LogP) is 2.16. The summed E-state index contributed by atoms with van der Waals surface area (Å²) in [5, 5.41) is 0.294. The molecule has 10 heteroatoms. The van der Waals surface area contributed by atoms with Crippen LogP contribution in [0.15, 0.2) is 34.3 Å². The smallest absolute Gasteiger partial charge is 0.266 e. The van der Waals surface area contributed by atoms with E-state index in [1.807, 2.05) is 0 Å². The minimum absolute atomic E-state index is 0.0322. The van der Waals surface area contributed by atoms with Crippen LogP contribution in [0.2, 0.25) is 0 Å². The fraction of sp³-hybridized carbons (Fsp3) is 0.400. The van der Waals surface area contributed by atoms with E-state index in [1.165, 1.54) is 24.0 Å². The fourth-order valence-electron chi connectivity index (χ4n) is 4.22. The van der Waals surface area contributed by atoms with Crippen molar-refractivity contribution < 1.29 is 18.3 Å². The van der Waals surface area contributed by atoms with Gasteiger partial charge in [-0.25, -0.2) is 13.8 Å². The number of hydrogen-bond donors (Lipinski definition) is 2. The van der Waals surface area contributed by atoms with Crippen LogP contribution in [0.25, 0.3) is 0 Å². The number of fused-ring (bicyclic) bond motifs is 1. The second kappa shape index (κ2) is 7.28. The lowest BCUT2D eigenvalue weighted by atomic mass is 9.84. The quantitative estimate of drug-likeness (QED) is 0.674. The molecule has 0 spiro atoms. The highest BCUT2D eigenvalue weighted by Crippen LogP contribution is 2.66. The highest BCUT2D eigenvalue weighted by atomic mass is 32.2. The first-order valence-corrected chi connectivity index (χ1v) is 10.1. The molecule has 1 aliphatic heterocycles. The highest BCUT2D eigenvalue weighted by molar-refractivity contribution is 8.15. The number of hydrogen-bond acceptors (Lipinski definition) is 7. The van der Waals surface area contributed by atoms with Crippen LogP contribution in [-0.4, -0.2) is 39.4 Å². The Morgan fingerprint density at radius 3 is 2.87 bits per heavy atom. The van der Waals surface area contributed by atoms with E-state index in [-0.39, 0.29) is 33.9 Å². The van der Waals surface area contributed by atoms with Crippen LogP contribution in [0.1, 0.15) is 35.0 Å². The van der Waals surface area contributed by atoms with E-state index in [0.717, 1.165) is 12.3 Å². The zero-order chi connectivity index (χ0) is 21.7. The first kappa shape index (κ1) is 20.7. The normalized spacial score (nSPS) is 27.3. The van der Waals surface area contributed by atoms with Gasteiger partial charge < -0.3 is 15.5 Å². The van der Waals surface area contributed by atoms with E-state index in [0.29, 0.717) is 18.2 Å². The molecule has 0 saturated heterocycles. The molecule has 1 fully saturated rings. The summed E-state index contributed by atoms with van der Waals surface area (Å²) >= 11 is 1.40. The van der Waals surface area contributed by atoms with E-state index in [9.17, 15) is 18.4 Å². The zero-order valence-corrected chi connectivity index (χ0v) is 17.2. The third-order valence-electron chi connectivity index (χ3n) is 5.70. The average Bonchev–Trinajstić information content (AvgIpc) is 3.40. The lowest BCUT2D eigenvalue weighted by Gasteiger charge is -2.34. The lowest BCUT2D eigenvalue weighted by Crippen LogP contribution is -2.38. The summed E-state index contributed by atoms with van der Waals surface area (Å²) in [6.07, 6.45) is 2.68. The Labute approximate surface area is 175 Å². The van der Waals surface area contributed by atoms with Crippen LogP contribution >= 0.6 is 11.8 Å². The van der Waals surface area contributed by atoms with Gasteiger partial charge in [0.25, 0.3) is 5.56 Å². The Bertz CT molecular complexity index is 1100. The largest absolute Gasteiger partial charge is 0.383 e. The third-order valence-corrected chi connectivity index (χ3v) is 6.97. The van der Waals surface area contributed by atoms with Crippen molar-refractivity contribution in [1.82, 2.24) is 9.97 Å². The Hall–Kier alpha value is -2.59. The van der Waals surface area contributed by atoms with Crippen LogP contribution in [-0.2, 0) is 16.7 Å². The number of H-pyrrole nitrogens is 1. The monoisotopic (exact) mass is 434 g/mol. The van der Waals surface area contributed by atoms with Crippen LogP contribution in [0.4, 0.5) is 8.78 Å². The van der Waals surface area contributed by atoms with Crippen molar-refractivity contribution in [3.8, 4) is 0 Å². The first-order valence-electron chi connectivity index (χ1n) is 9.28. The van der Waals surface area contributed by atoms with Crippen molar-refractivity contribution in [2.24, 2.45) is 16.6 Å². The second-order valence-corrected chi connectivity index (χ2v) is 9.23. The molecule has 0 unspecified atom stereocenters. The maximum Gasteiger partial charge on any atom is 0.266 e. The molecule has 7 nitrogen and oxygen atoms in total. The molecule has 2 aromatic rings. The summed E-state index contributed by atoms with van der Waals surface area (Å²) in [5.41, 5.74) is 4.89. The number of rotatable bonds is 6. The zero-order valence-electron chi connectivity index (χ0n) is 16.4. The van der Waals surface area contributed by atoms with E-state index in [4.69, 9.17) is 10.5 Å². The Morgan fingerprint density at radius 1 is 1.43 bits per heavy atom. The molecule has 1 aromatic carbocycles. The minimum atomic E-state index is -1.08. The number of aromatic amines is 1. The van der Waals surface area contributed by atoms with Gasteiger partial charge in [0.05, 0.1) is 23.1 Å². The molecular formula is C20H20F2N4O3S. The van der Waals surface area contributed by atoms with Gasteiger partial charge in [-0.15, -0.1) is 0 Å². The number of nitrogens with one attached hydrogen (secondary N) is 1. The van der Waals surface area contributed by atoms with Gasteiger partial charge in [0, 0.05) is 31.2 Å². The van der Waals surface area contributed by atoms with E-state index >= 15 is 0 Å². The molecule has 3 N–H and O–H groups in total. The minimum Gasteiger partial charge on any atom is -0.383 e. The molecule has 2 heterocycles. The van der Waals surface area contributed by atoms with Gasteiger partial charge >= 0.3 is 0 Å². The molecule has 1 aromatic heterocycles. The predicted molar refractivity (Wildman–Crippen MR) is 109 cm³/mol. The summed E-state index contributed by atoms with van der Waals surface area (Å²) in [4.78, 5) is 34.2. The van der Waals surface area contributed by atoms with Gasteiger partial charge in [0.1, 0.15) is 5.69 Å². The topological polar surface area (TPSA) is 110 Å².